The van der Waals surface area contributed by atoms with Crippen molar-refractivity contribution in [2.45, 2.75) is 27.3 Å². The van der Waals surface area contributed by atoms with Gasteiger partial charge >= 0.3 is 0 Å². The average Bonchev–Trinajstić information content (AvgIpc) is 2.47. The fourth-order valence-corrected chi connectivity index (χ4v) is 0.779. The van der Waals surface area contributed by atoms with Crippen molar-refractivity contribution in [3.05, 3.63) is 11.7 Å². The van der Waals surface area contributed by atoms with Gasteiger partial charge in [-0.3, -0.25) is 4.79 Å². The monoisotopic (exact) mass is 183 g/mol. The van der Waals surface area contributed by atoms with Crippen LogP contribution in [0.1, 0.15) is 25.6 Å². The molecule has 0 aliphatic heterocycles. The normalized spacial score (nSPS) is 10.5. The SMILES string of the molecule is Cc1noc(CNC(=O)C(C)C)n1. The molecule has 0 aliphatic carbocycles. The Morgan fingerprint density at radius 2 is 2.31 bits per heavy atom. The minimum absolute atomic E-state index is 0.0177. The first-order valence-electron chi connectivity index (χ1n) is 4.16. The predicted octanol–water partition coefficient (Wildman–Crippen LogP) is 0.650. The Labute approximate surface area is 76.5 Å². The van der Waals surface area contributed by atoms with Crippen LogP contribution in [0.15, 0.2) is 4.52 Å². The zero-order chi connectivity index (χ0) is 9.84. The molecule has 72 valence electrons. The molecule has 13 heavy (non-hydrogen) atoms. The van der Waals surface area contributed by atoms with Gasteiger partial charge < -0.3 is 9.84 Å². The third kappa shape index (κ3) is 2.85. The lowest BCUT2D eigenvalue weighted by Gasteiger charge is -2.03. The molecule has 0 unspecified atom stereocenters. The van der Waals surface area contributed by atoms with Crippen molar-refractivity contribution < 1.29 is 9.32 Å². The van der Waals surface area contributed by atoms with Gasteiger partial charge in [-0.15, -0.1) is 0 Å². The van der Waals surface area contributed by atoms with Crippen LogP contribution in [0.4, 0.5) is 0 Å². The van der Waals surface area contributed by atoms with E-state index in [1.807, 2.05) is 13.8 Å². The van der Waals surface area contributed by atoms with Gasteiger partial charge in [0, 0.05) is 5.92 Å². The lowest BCUT2D eigenvalue weighted by atomic mass is 10.2. The molecule has 0 saturated heterocycles. The number of hydrogen-bond acceptors (Lipinski definition) is 4. The summed E-state index contributed by atoms with van der Waals surface area (Å²) in [7, 11) is 0. The van der Waals surface area contributed by atoms with E-state index < -0.39 is 0 Å². The molecule has 0 aromatic carbocycles. The number of nitrogens with zero attached hydrogens (tertiary/aromatic N) is 2. The molecule has 0 radical (unpaired) electrons. The van der Waals surface area contributed by atoms with E-state index in [2.05, 4.69) is 15.5 Å². The summed E-state index contributed by atoms with van der Waals surface area (Å²) < 4.78 is 4.82. The second-order valence-corrected chi connectivity index (χ2v) is 3.11. The van der Waals surface area contributed by atoms with Crippen LogP contribution in [0.25, 0.3) is 0 Å². The molecule has 1 rings (SSSR count). The molecule has 0 aliphatic rings. The van der Waals surface area contributed by atoms with Crippen LogP contribution in [0, 0.1) is 12.8 Å². The molecule has 1 amide bonds. The maximum atomic E-state index is 11.1. The third-order valence-corrected chi connectivity index (χ3v) is 1.51. The van der Waals surface area contributed by atoms with Crippen LogP contribution in [0.2, 0.25) is 0 Å². The number of amides is 1. The Bertz CT molecular complexity index is 293. The lowest BCUT2D eigenvalue weighted by Crippen LogP contribution is -2.27. The number of aromatic nitrogens is 2. The lowest BCUT2D eigenvalue weighted by molar-refractivity contribution is -0.124. The molecule has 0 fully saturated rings. The van der Waals surface area contributed by atoms with E-state index in [0.29, 0.717) is 18.3 Å². The summed E-state index contributed by atoms with van der Waals surface area (Å²) in [5, 5.41) is 6.28. The average molecular weight is 183 g/mol. The molecule has 0 spiro atoms. The molecular formula is C8H13N3O2. The standard InChI is InChI=1S/C8H13N3O2/c1-5(2)8(12)9-4-7-10-6(3)11-13-7/h5H,4H2,1-3H3,(H,9,12). The second kappa shape index (κ2) is 4.02. The highest BCUT2D eigenvalue weighted by molar-refractivity contribution is 5.77. The largest absolute Gasteiger partial charge is 0.347 e. The Balaban J connectivity index is 2.39. The van der Waals surface area contributed by atoms with Gasteiger partial charge in [-0.1, -0.05) is 19.0 Å². The van der Waals surface area contributed by atoms with Crippen molar-refractivity contribution in [1.82, 2.24) is 15.5 Å². The minimum atomic E-state index is -0.0241. The summed E-state index contributed by atoms with van der Waals surface area (Å²) in [5.74, 6) is 0.972. The predicted molar refractivity (Wildman–Crippen MR) is 45.7 cm³/mol. The van der Waals surface area contributed by atoms with Crippen LogP contribution in [-0.4, -0.2) is 16.0 Å². The number of nitrogens with one attached hydrogen (secondary N) is 1. The van der Waals surface area contributed by atoms with E-state index >= 15 is 0 Å². The van der Waals surface area contributed by atoms with Gasteiger partial charge in [0.1, 0.15) is 0 Å². The molecule has 1 aromatic heterocycles. The zero-order valence-corrected chi connectivity index (χ0v) is 8.00. The molecule has 1 aromatic rings. The highest BCUT2D eigenvalue weighted by Crippen LogP contribution is 1.96. The minimum Gasteiger partial charge on any atom is -0.347 e. The summed E-state index contributed by atoms with van der Waals surface area (Å²) in [4.78, 5) is 15.1. The van der Waals surface area contributed by atoms with Gasteiger partial charge in [0.25, 0.3) is 0 Å². The first-order valence-corrected chi connectivity index (χ1v) is 4.16. The van der Waals surface area contributed by atoms with Crippen LogP contribution >= 0.6 is 0 Å². The van der Waals surface area contributed by atoms with Gasteiger partial charge in [0.2, 0.25) is 11.8 Å². The van der Waals surface area contributed by atoms with E-state index in [1.54, 1.807) is 6.92 Å². The Hall–Kier alpha value is -1.39. The highest BCUT2D eigenvalue weighted by Gasteiger charge is 2.08. The fourth-order valence-electron chi connectivity index (χ4n) is 0.779. The summed E-state index contributed by atoms with van der Waals surface area (Å²) in [6, 6.07) is 0. The van der Waals surface area contributed by atoms with Crippen molar-refractivity contribution in [3.63, 3.8) is 0 Å². The van der Waals surface area contributed by atoms with Gasteiger partial charge in [0.05, 0.1) is 6.54 Å². The van der Waals surface area contributed by atoms with E-state index in [1.165, 1.54) is 0 Å². The first-order chi connectivity index (χ1) is 6.09. The second-order valence-electron chi connectivity index (χ2n) is 3.11. The third-order valence-electron chi connectivity index (χ3n) is 1.51. The van der Waals surface area contributed by atoms with E-state index in [9.17, 15) is 4.79 Å². The first kappa shape index (κ1) is 9.70. The molecule has 0 saturated carbocycles. The van der Waals surface area contributed by atoms with Crippen molar-refractivity contribution in [2.75, 3.05) is 0 Å². The number of carbonyl (C=O) groups excluding carboxylic acids is 1. The summed E-state index contributed by atoms with van der Waals surface area (Å²) in [5.41, 5.74) is 0. The molecule has 0 bridgehead atoms. The summed E-state index contributed by atoms with van der Waals surface area (Å²) in [6.45, 7) is 5.69. The van der Waals surface area contributed by atoms with Crippen LogP contribution < -0.4 is 5.32 Å². The zero-order valence-electron chi connectivity index (χ0n) is 8.00. The van der Waals surface area contributed by atoms with Gasteiger partial charge in [-0.2, -0.15) is 4.98 Å². The number of hydrogen-bond donors (Lipinski definition) is 1. The Kier molecular flexibility index (Phi) is 3.00. The summed E-state index contributed by atoms with van der Waals surface area (Å²) in [6.07, 6.45) is 0. The van der Waals surface area contributed by atoms with Crippen molar-refractivity contribution in [2.24, 2.45) is 5.92 Å². The van der Waals surface area contributed by atoms with E-state index in [4.69, 9.17) is 4.52 Å². The number of rotatable bonds is 3. The maximum Gasteiger partial charge on any atom is 0.246 e. The molecule has 5 heteroatoms. The topological polar surface area (TPSA) is 68.0 Å². The molecular weight excluding hydrogens is 170 g/mol. The highest BCUT2D eigenvalue weighted by atomic mass is 16.5. The van der Waals surface area contributed by atoms with Gasteiger partial charge in [-0.05, 0) is 6.92 Å². The van der Waals surface area contributed by atoms with E-state index in [-0.39, 0.29) is 11.8 Å². The van der Waals surface area contributed by atoms with Crippen molar-refractivity contribution in [1.29, 1.82) is 0 Å². The van der Waals surface area contributed by atoms with Gasteiger partial charge in [-0.25, -0.2) is 0 Å². The number of carbonyl (C=O) groups is 1. The number of aryl methyl sites for hydroxylation is 1. The van der Waals surface area contributed by atoms with E-state index in [0.717, 1.165) is 0 Å². The molecule has 5 nitrogen and oxygen atoms in total. The fraction of sp³-hybridized carbons (Fsp3) is 0.625. The quantitative estimate of drug-likeness (QED) is 0.747. The maximum absolute atomic E-state index is 11.1. The summed E-state index contributed by atoms with van der Waals surface area (Å²) >= 11 is 0. The Morgan fingerprint density at radius 1 is 1.62 bits per heavy atom. The molecule has 1 N–H and O–H groups in total. The van der Waals surface area contributed by atoms with Crippen LogP contribution in [-0.2, 0) is 11.3 Å². The van der Waals surface area contributed by atoms with Crippen molar-refractivity contribution >= 4 is 5.91 Å². The van der Waals surface area contributed by atoms with Crippen LogP contribution in [0.3, 0.4) is 0 Å². The Morgan fingerprint density at radius 3 is 2.77 bits per heavy atom. The smallest absolute Gasteiger partial charge is 0.246 e. The van der Waals surface area contributed by atoms with Gasteiger partial charge in [0.15, 0.2) is 5.82 Å². The van der Waals surface area contributed by atoms with Crippen LogP contribution in [0.5, 0.6) is 0 Å². The van der Waals surface area contributed by atoms with Crippen molar-refractivity contribution in [3.8, 4) is 0 Å². The molecule has 0 atom stereocenters. The molecule has 1 heterocycles.